The summed E-state index contributed by atoms with van der Waals surface area (Å²) in [6.07, 6.45) is 0. The summed E-state index contributed by atoms with van der Waals surface area (Å²) in [4.78, 5) is 21.0. The highest BCUT2D eigenvalue weighted by atomic mass is 16.7. The number of amides is 1. The molecule has 1 aromatic carbocycles. The van der Waals surface area contributed by atoms with E-state index >= 15 is 0 Å². The Balaban J connectivity index is 2.89. The van der Waals surface area contributed by atoms with Crippen LogP contribution in [0.15, 0.2) is 24.3 Å². The number of carbonyl (C=O) groups is 1. The van der Waals surface area contributed by atoms with Gasteiger partial charge >= 0.3 is 5.91 Å². The smallest absolute Gasteiger partial charge is 0.312 e. The van der Waals surface area contributed by atoms with Crippen LogP contribution >= 0.6 is 0 Å². The first-order chi connectivity index (χ1) is 6.11. The van der Waals surface area contributed by atoms with Crippen LogP contribution in [0, 0.1) is 10.1 Å². The fourth-order valence-corrected chi connectivity index (χ4v) is 0.847. The minimum atomic E-state index is -0.922. The first-order valence-corrected chi connectivity index (χ1v) is 3.41. The summed E-state index contributed by atoms with van der Waals surface area (Å²) in [6.45, 7) is 0. The molecule has 0 fully saturated rings. The number of rotatable bonds is 2. The van der Waals surface area contributed by atoms with Crippen molar-refractivity contribution in [2.24, 2.45) is 0 Å². The molecule has 1 amide bonds. The van der Waals surface area contributed by atoms with Crippen LogP contribution in [0.3, 0.4) is 0 Å². The molecule has 1 rings (SSSR count). The lowest BCUT2D eigenvalue weighted by atomic mass is 10.2. The highest BCUT2D eigenvalue weighted by molar-refractivity contribution is 5.98. The van der Waals surface area contributed by atoms with E-state index < -0.39 is 10.9 Å². The zero-order valence-electron chi connectivity index (χ0n) is 6.56. The Morgan fingerprint density at radius 1 is 1.46 bits per heavy atom. The molecular weight excluding hydrogens is 174 g/mol. The second-order valence-corrected chi connectivity index (χ2v) is 2.29. The number of hydrogen-bond donors (Lipinski definition) is 2. The Hall–Kier alpha value is -2.11. The van der Waals surface area contributed by atoms with Gasteiger partial charge in [-0.1, -0.05) is 17.6 Å². The number of nitro groups is 1. The number of anilines is 1. The summed E-state index contributed by atoms with van der Waals surface area (Å²) in [5, 5.41) is 9.01. The molecule has 0 aromatic heterocycles. The molecule has 1 aromatic rings. The summed E-state index contributed by atoms with van der Waals surface area (Å²) in [7, 11) is 0. The van der Waals surface area contributed by atoms with Crippen LogP contribution in [0.5, 0.6) is 0 Å². The molecule has 6 nitrogen and oxygen atoms in total. The molecule has 0 aliphatic carbocycles. The van der Waals surface area contributed by atoms with Crippen molar-refractivity contribution >= 4 is 11.6 Å². The number of nitrogens with zero attached hydrogens (tertiary/aromatic N) is 1. The molecule has 0 bridgehead atoms. The van der Waals surface area contributed by atoms with Crippen molar-refractivity contribution in [3.8, 4) is 0 Å². The van der Waals surface area contributed by atoms with Gasteiger partial charge in [-0.3, -0.25) is 4.79 Å². The van der Waals surface area contributed by atoms with Gasteiger partial charge in [-0.25, -0.2) is 10.1 Å². The number of nitrogens with one attached hydrogen (secondary N) is 1. The van der Waals surface area contributed by atoms with E-state index in [2.05, 4.69) is 0 Å². The van der Waals surface area contributed by atoms with Crippen LogP contribution in [0.1, 0.15) is 10.4 Å². The molecule has 0 atom stereocenters. The number of benzene rings is 1. The van der Waals surface area contributed by atoms with E-state index in [0.29, 0.717) is 0 Å². The zero-order chi connectivity index (χ0) is 9.84. The van der Waals surface area contributed by atoms with Crippen molar-refractivity contribution < 1.29 is 9.83 Å². The first kappa shape index (κ1) is 8.98. The lowest BCUT2D eigenvalue weighted by molar-refractivity contribution is -0.527. The molecule has 0 aliphatic heterocycles. The zero-order valence-corrected chi connectivity index (χ0v) is 6.56. The van der Waals surface area contributed by atoms with Crippen LogP contribution in [0.2, 0.25) is 0 Å². The second kappa shape index (κ2) is 3.53. The van der Waals surface area contributed by atoms with Gasteiger partial charge in [0.1, 0.15) is 0 Å². The lowest BCUT2D eigenvalue weighted by Crippen LogP contribution is -2.29. The minimum absolute atomic E-state index is 0.0965. The molecule has 0 aliphatic rings. The number of hydrogen-bond acceptors (Lipinski definition) is 4. The Kier molecular flexibility index (Phi) is 2.44. The Bertz CT molecular complexity index is 351. The van der Waals surface area contributed by atoms with Crippen molar-refractivity contribution in [1.82, 2.24) is 5.43 Å². The topological polar surface area (TPSA) is 98.3 Å². The molecule has 6 heteroatoms. The number of carbonyl (C=O) groups excluding carboxylic acids is 1. The van der Waals surface area contributed by atoms with Crippen LogP contribution in [-0.2, 0) is 0 Å². The average Bonchev–Trinajstić information content (AvgIpc) is 2.03. The predicted molar refractivity (Wildman–Crippen MR) is 45.3 cm³/mol. The number of nitrogen functional groups attached to an aromatic ring is 1. The van der Waals surface area contributed by atoms with E-state index in [1.165, 1.54) is 17.6 Å². The first-order valence-electron chi connectivity index (χ1n) is 3.41. The number of para-hydroxylation sites is 1. The van der Waals surface area contributed by atoms with E-state index in [9.17, 15) is 14.9 Å². The van der Waals surface area contributed by atoms with Gasteiger partial charge in [-0.2, -0.15) is 0 Å². The number of hydrazine groups is 1. The fourth-order valence-electron chi connectivity index (χ4n) is 0.847. The largest absolute Gasteiger partial charge is 0.398 e. The molecule has 0 radical (unpaired) electrons. The molecule has 0 saturated carbocycles. The third kappa shape index (κ3) is 2.16. The summed E-state index contributed by atoms with van der Waals surface area (Å²) in [5.41, 5.74) is 7.22. The maximum atomic E-state index is 11.0. The summed E-state index contributed by atoms with van der Waals surface area (Å²) in [6, 6.07) is 6.12. The van der Waals surface area contributed by atoms with E-state index in [0.717, 1.165) is 0 Å². The van der Waals surface area contributed by atoms with E-state index in [4.69, 9.17) is 5.73 Å². The lowest BCUT2D eigenvalue weighted by Gasteiger charge is -2.00. The Morgan fingerprint density at radius 3 is 2.62 bits per heavy atom. The molecule has 0 saturated heterocycles. The minimum Gasteiger partial charge on any atom is -0.398 e. The molecular formula is C7H7N3O3. The van der Waals surface area contributed by atoms with Crippen molar-refractivity contribution in [3.63, 3.8) is 0 Å². The van der Waals surface area contributed by atoms with E-state index in [1.54, 1.807) is 12.1 Å². The van der Waals surface area contributed by atoms with Crippen LogP contribution in [-0.4, -0.2) is 10.9 Å². The van der Waals surface area contributed by atoms with Gasteiger partial charge in [-0.05, 0) is 12.1 Å². The van der Waals surface area contributed by atoms with Crippen molar-refractivity contribution in [1.29, 1.82) is 0 Å². The van der Waals surface area contributed by atoms with E-state index in [1.807, 2.05) is 0 Å². The van der Waals surface area contributed by atoms with Gasteiger partial charge in [0.25, 0.3) is 0 Å². The maximum Gasteiger partial charge on any atom is 0.312 e. The van der Waals surface area contributed by atoms with Gasteiger partial charge in [-0.15, -0.1) is 0 Å². The monoisotopic (exact) mass is 181 g/mol. The van der Waals surface area contributed by atoms with Gasteiger partial charge in [0, 0.05) is 5.69 Å². The van der Waals surface area contributed by atoms with Gasteiger partial charge in [0.2, 0.25) is 0 Å². The quantitative estimate of drug-likeness (QED) is 0.386. The standard InChI is InChI=1S/C7H7N3O3/c8-6-4-2-1-3-5(6)7(11)9-10(12)13/h1-4H,8H2,(H,9,11). The highest BCUT2D eigenvalue weighted by Crippen LogP contribution is 2.09. The molecule has 13 heavy (non-hydrogen) atoms. The normalized spacial score (nSPS) is 9.23. The van der Waals surface area contributed by atoms with Crippen molar-refractivity contribution in [3.05, 3.63) is 39.9 Å². The van der Waals surface area contributed by atoms with Crippen LogP contribution in [0.4, 0.5) is 5.69 Å². The Labute approximate surface area is 73.5 Å². The average molecular weight is 181 g/mol. The molecule has 0 spiro atoms. The molecule has 68 valence electrons. The predicted octanol–water partition coefficient (Wildman–Crippen LogP) is 0.190. The summed E-state index contributed by atoms with van der Waals surface area (Å²) in [5.74, 6) is -0.817. The SMILES string of the molecule is Nc1ccccc1C(=O)N[N+](=O)[O-]. The van der Waals surface area contributed by atoms with Gasteiger partial charge < -0.3 is 5.73 Å². The van der Waals surface area contributed by atoms with Crippen LogP contribution in [0.25, 0.3) is 0 Å². The second-order valence-electron chi connectivity index (χ2n) is 2.29. The van der Waals surface area contributed by atoms with E-state index in [-0.39, 0.29) is 11.3 Å². The summed E-state index contributed by atoms with van der Waals surface area (Å²) >= 11 is 0. The third-order valence-electron chi connectivity index (χ3n) is 1.40. The summed E-state index contributed by atoms with van der Waals surface area (Å²) < 4.78 is 0. The van der Waals surface area contributed by atoms with Gasteiger partial charge in [0.05, 0.1) is 5.56 Å². The molecule has 3 N–H and O–H groups in total. The van der Waals surface area contributed by atoms with Crippen LogP contribution < -0.4 is 11.2 Å². The van der Waals surface area contributed by atoms with Crippen molar-refractivity contribution in [2.75, 3.05) is 5.73 Å². The third-order valence-corrected chi connectivity index (χ3v) is 1.40. The molecule has 0 unspecified atom stereocenters. The fraction of sp³-hybridized carbons (Fsp3) is 0. The van der Waals surface area contributed by atoms with Gasteiger partial charge in [0.15, 0.2) is 5.03 Å². The highest BCUT2D eigenvalue weighted by Gasteiger charge is 2.12. The molecule has 0 heterocycles. The Morgan fingerprint density at radius 2 is 2.08 bits per heavy atom. The van der Waals surface area contributed by atoms with Crippen molar-refractivity contribution in [2.45, 2.75) is 0 Å². The maximum absolute atomic E-state index is 11.0. The number of nitrogens with two attached hydrogens (primary N) is 1.